The van der Waals surface area contributed by atoms with E-state index in [2.05, 4.69) is 0 Å². The van der Waals surface area contributed by atoms with Gasteiger partial charge in [0.25, 0.3) is 0 Å². The lowest BCUT2D eigenvalue weighted by Crippen LogP contribution is -2.54. The van der Waals surface area contributed by atoms with Gasteiger partial charge in [-0.2, -0.15) is 11.8 Å². The summed E-state index contributed by atoms with van der Waals surface area (Å²) in [4.78, 5) is 26.2. The van der Waals surface area contributed by atoms with Crippen LogP contribution in [0.5, 0.6) is 0 Å². The molecule has 1 fully saturated rings. The van der Waals surface area contributed by atoms with Crippen molar-refractivity contribution in [2.24, 2.45) is 0 Å². The van der Waals surface area contributed by atoms with Crippen LogP contribution < -0.4 is 0 Å². The summed E-state index contributed by atoms with van der Waals surface area (Å²) in [5.74, 6) is 0.395. The molecule has 1 saturated heterocycles. The minimum absolute atomic E-state index is 0.155. The van der Waals surface area contributed by atoms with Crippen molar-refractivity contribution in [1.29, 1.82) is 0 Å². The van der Waals surface area contributed by atoms with Crippen LogP contribution in [0.15, 0.2) is 0 Å². The Morgan fingerprint density at radius 2 is 2.06 bits per heavy atom. The summed E-state index contributed by atoms with van der Waals surface area (Å²) in [5, 5.41) is 9.06. The first kappa shape index (κ1) is 13.2. The maximum absolute atomic E-state index is 12.1. The van der Waals surface area contributed by atoms with Crippen molar-refractivity contribution < 1.29 is 14.7 Å². The van der Waals surface area contributed by atoms with Gasteiger partial charge in [-0.25, -0.2) is 9.59 Å². The van der Waals surface area contributed by atoms with Gasteiger partial charge in [-0.3, -0.25) is 0 Å². The van der Waals surface area contributed by atoms with Gasteiger partial charge >= 0.3 is 12.0 Å². The third kappa shape index (κ3) is 2.81. The van der Waals surface area contributed by atoms with Crippen LogP contribution in [0.2, 0.25) is 0 Å². The van der Waals surface area contributed by atoms with Crippen LogP contribution in [-0.2, 0) is 4.79 Å². The predicted octanol–water partition coefficient (Wildman–Crippen LogP) is 0.950. The second-order valence-electron chi connectivity index (χ2n) is 3.58. The fourth-order valence-electron chi connectivity index (χ4n) is 1.71. The summed E-state index contributed by atoms with van der Waals surface area (Å²) in [6, 6.07) is -0.829. The van der Waals surface area contributed by atoms with Crippen molar-refractivity contribution >= 4 is 23.8 Å². The molecule has 0 aliphatic carbocycles. The molecular weight excluding hydrogens is 228 g/mol. The highest BCUT2D eigenvalue weighted by Gasteiger charge is 2.33. The number of carboxylic acid groups (broad SMARTS) is 1. The molecule has 0 aromatic carbocycles. The summed E-state index contributed by atoms with van der Waals surface area (Å²) < 4.78 is 0. The highest BCUT2D eigenvalue weighted by Crippen LogP contribution is 2.18. The van der Waals surface area contributed by atoms with E-state index < -0.39 is 12.0 Å². The molecule has 1 rings (SSSR count). The highest BCUT2D eigenvalue weighted by molar-refractivity contribution is 7.99. The maximum Gasteiger partial charge on any atom is 0.327 e. The van der Waals surface area contributed by atoms with E-state index in [1.807, 2.05) is 13.8 Å². The van der Waals surface area contributed by atoms with Crippen LogP contribution in [0.4, 0.5) is 4.79 Å². The van der Waals surface area contributed by atoms with Gasteiger partial charge in [0.1, 0.15) is 6.04 Å². The molecule has 16 heavy (non-hydrogen) atoms. The fourth-order valence-corrected chi connectivity index (χ4v) is 2.75. The summed E-state index contributed by atoms with van der Waals surface area (Å²) in [7, 11) is 0. The SMILES string of the molecule is CCN(CC)C(=O)N1CCSCC1C(=O)O. The quantitative estimate of drug-likeness (QED) is 0.805. The van der Waals surface area contributed by atoms with E-state index >= 15 is 0 Å². The number of rotatable bonds is 3. The van der Waals surface area contributed by atoms with E-state index in [0.717, 1.165) is 5.75 Å². The van der Waals surface area contributed by atoms with Crippen molar-refractivity contribution in [3.8, 4) is 0 Å². The van der Waals surface area contributed by atoms with Crippen LogP contribution in [0.3, 0.4) is 0 Å². The summed E-state index contributed by atoms with van der Waals surface area (Å²) in [6.07, 6.45) is 0. The molecule has 1 heterocycles. The van der Waals surface area contributed by atoms with E-state index in [0.29, 0.717) is 25.4 Å². The van der Waals surface area contributed by atoms with Crippen LogP contribution >= 0.6 is 11.8 Å². The Kier molecular flexibility index (Phi) is 4.92. The van der Waals surface area contributed by atoms with Crippen LogP contribution in [0.1, 0.15) is 13.8 Å². The Labute approximate surface area is 99.8 Å². The third-order valence-corrected chi connectivity index (χ3v) is 3.72. The molecule has 0 saturated carbocycles. The van der Waals surface area contributed by atoms with E-state index in [9.17, 15) is 9.59 Å². The van der Waals surface area contributed by atoms with Crippen molar-refractivity contribution in [3.63, 3.8) is 0 Å². The van der Waals surface area contributed by atoms with Gasteiger partial charge in [0.2, 0.25) is 0 Å². The normalized spacial score (nSPS) is 20.6. The first-order valence-corrected chi connectivity index (χ1v) is 6.63. The molecule has 0 spiro atoms. The van der Waals surface area contributed by atoms with Gasteiger partial charge in [-0.05, 0) is 13.8 Å². The highest BCUT2D eigenvalue weighted by atomic mass is 32.2. The number of carboxylic acids is 1. The zero-order chi connectivity index (χ0) is 12.1. The second-order valence-corrected chi connectivity index (χ2v) is 4.73. The second kappa shape index (κ2) is 5.98. The molecule has 92 valence electrons. The molecule has 1 N–H and O–H groups in total. The lowest BCUT2D eigenvalue weighted by Gasteiger charge is -2.36. The van der Waals surface area contributed by atoms with E-state index in [-0.39, 0.29) is 6.03 Å². The minimum Gasteiger partial charge on any atom is -0.480 e. The first-order valence-electron chi connectivity index (χ1n) is 5.47. The van der Waals surface area contributed by atoms with Crippen LogP contribution in [0.25, 0.3) is 0 Å². The zero-order valence-corrected chi connectivity index (χ0v) is 10.5. The molecular formula is C10H18N2O3S. The predicted molar refractivity (Wildman–Crippen MR) is 63.8 cm³/mol. The number of amides is 2. The Morgan fingerprint density at radius 1 is 1.44 bits per heavy atom. The average molecular weight is 246 g/mol. The molecule has 0 aromatic rings. The molecule has 0 bridgehead atoms. The maximum atomic E-state index is 12.1. The van der Waals surface area contributed by atoms with Gasteiger partial charge in [0.15, 0.2) is 0 Å². The van der Waals surface area contributed by atoms with E-state index in [4.69, 9.17) is 5.11 Å². The number of urea groups is 1. The van der Waals surface area contributed by atoms with E-state index in [1.54, 1.807) is 16.7 Å². The van der Waals surface area contributed by atoms with Crippen LogP contribution in [-0.4, -0.2) is 64.1 Å². The largest absolute Gasteiger partial charge is 0.480 e. The number of hydrogen-bond donors (Lipinski definition) is 1. The Hall–Kier alpha value is -0.910. The molecule has 2 amide bonds. The summed E-state index contributed by atoms with van der Waals surface area (Å²) >= 11 is 1.59. The van der Waals surface area contributed by atoms with E-state index in [1.165, 1.54) is 4.90 Å². The van der Waals surface area contributed by atoms with Crippen LogP contribution in [0, 0.1) is 0 Å². The molecule has 5 nitrogen and oxygen atoms in total. The minimum atomic E-state index is -0.910. The first-order chi connectivity index (χ1) is 7.61. The van der Waals surface area contributed by atoms with Gasteiger partial charge in [-0.1, -0.05) is 0 Å². The summed E-state index contributed by atoms with van der Waals surface area (Å²) in [6.45, 7) is 5.55. The van der Waals surface area contributed by atoms with Crippen molar-refractivity contribution in [2.75, 3.05) is 31.1 Å². The Bertz CT molecular complexity index is 269. The standard InChI is InChI=1S/C10H18N2O3S/c1-3-11(4-2)10(15)12-5-6-16-7-8(12)9(13)14/h8H,3-7H2,1-2H3,(H,13,14). The molecule has 1 aliphatic rings. The van der Waals surface area contributed by atoms with Gasteiger partial charge in [0.05, 0.1) is 0 Å². The number of carbonyl (C=O) groups is 2. The summed E-state index contributed by atoms with van der Waals surface area (Å²) in [5.41, 5.74) is 0. The molecule has 1 atom stereocenters. The topological polar surface area (TPSA) is 60.9 Å². The lowest BCUT2D eigenvalue weighted by atomic mass is 10.3. The average Bonchev–Trinajstić information content (AvgIpc) is 2.30. The van der Waals surface area contributed by atoms with Gasteiger partial charge in [-0.15, -0.1) is 0 Å². The Balaban J connectivity index is 2.74. The fraction of sp³-hybridized carbons (Fsp3) is 0.800. The molecule has 1 unspecified atom stereocenters. The molecule has 0 aromatic heterocycles. The number of thioether (sulfide) groups is 1. The number of nitrogens with zero attached hydrogens (tertiary/aromatic N) is 2. The zero-order valence-electron chi connectivity index (χ0n) is 9.68. The van der Waals surface area contributed by atoms with Gasteiger partial charge in [0, 0.05) is 31.1 Å². The Morgan fingerprint density at radius 3 is 2.56 bits per heavy atom. The van der Waals surface area contributed by atoms with Crippen molar-refractivity contribution in [2.45, 2.75) is 19.9 Å². The number of carbonyl (C=O) groups excluding carboxylic acids is 1. The monoisotopic (exact) mass is 246 g/mol. The number of aliphatic carboxylic acids is 1. The molecule has 6 heteroatoms. The lowest BCUT2D eigenvalue weighted by molar-refractivity contribution is -0.141. The number of hydrogen-bond acceptors (Lipinski definition) is 3. The van der Waals surface area contributed by atoms with Gasteiger partial charge < -0.3 is 14.9 Å². The molecule has 1 aliphatic heterocycles. The van der Waals surface area contributed by atoms with Crippen molar-refractivity contribution in [1.82, 2.24) is 9.80 Å². The molecule has 0 radical (unpaired) electrons. The smallest absolute Gasteiger partial charge is 0.327 e. The third-order valence-electron chi connectivity index (χ3n) is 2.69. The van der Waals surface area contributed by atoms with Crippen molar-refractivity contribution in [3.05, 3.63) is 0 Å².